The molecule has 0 radical (unpaired) electrons. The van der Waals surface area contributed by atoms with Gasteiger partial charge in [0.1, 0.15) is 0 Å². The maximum atomic E-state index is 11.6. The Balaban J connectivity index is 2.52. The average molecular weight is 312 g/mol. The third kappa shape index (κ3) is 5.00. The van der Waals surface area contributed by atoms with Crippen LogP contribution in [0.3, 0.4) is 0 Å². The molecule has 0 aromatic heterocycles. The van der Waals surface area contributed by atoms with Gasteiger partial charge in [0.05, 0.1) is 0 Å². The number of carbonyl (C=O) groups is 2. The van der Waals surface area contributed by atoms with Crippen LogP contribution in [0, 0.1) is 0 Å². The number of hydrogen-bond acceptors (Lipinski definition) is 3. The summed E-state index contributed by atoms with van der Waals surface area (Å²) in [5.41, 5.74) is 2.13. The highest BCUT2D eigenvalue weighted by Crippen LogP contribution is 2.18. The summed E-state index contributed by atoms with van der Waals surface area (Å²) in [5, 5.41) is 2.91. The van der Waals surface area contributed by atoms with Crippen molar-refractivity contribution in [3.63, 3.8) is 0 Å². The predicted octanol–water partition coefficient (Wildman–Crippen LogP) is 2.60. The number of nitrogens with one attached hydrogen (secondary N) is 2. The molecule has 18 heavy (non-hydrogen) atoms. The summed E-state index contributed by atoms with van der Waals surface area (Å²) < 4.78 is 0. The van der Waals surface area contributed by atoms with E-state index in [4.69, 9.17) is 34.8 Å². The smallest absolute Gasteiger partial charge is 0.321 e. The second-order valence-corrected chi connectivity index (χ2v) is 4.35. The van der Waals surface area contributed by atoms with Crippen LogP contribution in [0.5, 0.6) is 0 Å². The molecule has 0 bridgehead atoms. The first-order chi connectivity index (χ1) is 8.52. The highest BCUT2D eigenvalue weighted by molar-refractivity contribution is 6.35. The fraction of sp³-hybridized carbons (Fsp3) is 0.200. The van der Waals surface area contributed by atoms with Crippen molar-refractivity contribution in [2.24, 2.45) is 0 Å². The maximum Gasteiger partial charge on any atom is 0.431 e. The molecule has 0 atom stereocenters. The molecule has 1 aromatic carbocycles. The molecule has 8 heteroatoms. The van der Waals surface area contributed by atoms with Gasteiger partial charge >= 0.3 is 6.09 Å². The predicted molar refractivity (Wildman–Crippen MR) is 69.1 cm³/mol. The molecule has 1 rings (SSSR count). The van der Waals surface area contributed by atoms with Crippen LogP contribution in [0.25, 0.3) is 0 Å². The summed E-state index contributed by atoms with van der Waals surface area (Å²) in [6.07, 6.45) is -0.808. The largest absolute Gasteiger partial charge is 0.431 e. The molecule has 0 heterocycles. The number of benzene rings is 1. The van der Waals surface area contributed by atoms with Gasteiger partial charge in [-0.3, -0.25) is 4.79 Å². The van der Waals surface area contributed by atoms with E-state index in [0.717, 1.165) is 0 Å². The van der Waals surface area contributed by atoms with E-state index < -0.39 is 12.0 Å². The minimum Gasteiger partial charge on any atom is -0.321 e. The summed E-state index contributed by atoms with van der Waals surface area (Å²) in [7, 11) is 0. The molecule has 0 saturated heterocycles. The van der Waals surface area contributed by atoms with Crippen LogP contribution in [0.4, 0.5) is 4.79 Å². The van der Waals surface area contributed by atoms with E-state index in [9.17, 15) is 9.59 Å². The molecule has 1 aromatic rings. The van der Waals surface area contributed by atoms with Crippen molar-refractivity contribution < 1.29 is 14.4 Å². The molecule has 0 aliphatic rings. The fourth-order valence-electron chi connectivity index (χ4n) is 1.02. The number of carbonyl (C=O) groups excluding carboxylic acids is 2. The lowest BCUT2D eigenvalue weighted by Gasteiger charge is -2.06. The van der Waals surface area contributed by atoms with Crippen LogP contribution in [-0.2, 0) is 4.84 Å². The minimum atomic E-state index is -0.808. The van der Waals surface area contributed by atoms with Crippen molar-refractivity contribution in [2.75, 3.05) is 12.4 Å². The number of halogens is 3. The second-order valence-electron chi connectivity index (χ2n) is 3.09. The number of alkyl halides is 1. The van der Waals surface area contributed by atoms with Crippen LogP contribution < -0.4 is 10.8 Å². The molecule has 0 saturated carbocycles. The first-order valence-electron chi connectivity index (χ1n) is 4.80. The van der Waals surface area contributed by atoms with E-state index in [2.05, 4.69) is 10.2 Å². The summed E-state index contributed by atoms with van der Waals surface area (Å²) in [4.78, 5) is 27.0. The lowest BCUT2D eigenvalue weighted by Crippen LogP contribution is -2.34. The molecule has 0 fully saturated rings. The van der Waals surface area contributed by atoms with Gasteiger partial charge in [-0.2, -0.15) is 5.48 Å². The second kappa shape index (κ2) is 7.31. The van der Waals surface area contributed by atoms with Gasteiger partial charge in [-0.05, 0) is 18.2 Å². The van der Waals surface area contributed by atoms with E-state index in [0.29, 0.717) is 10.0 Å². The van der Waals surface area contributed by atoms with Gasteiger partial charge in [-0.25, -0.2) is 4.79 Å². The molecular formula is C10H9Cl3N2O3. The summed E-state index contributed by atoms with van der Waals surface area (Å²) in [6.45, 7) is 0.235. The zero-order chi connectivity index (χ0) is 13.5. The molecule has 0 spiro atoms. The van der Waals surface area contributed by atoms with Crippen molar-refractivity contribution >= 4 is 46.8 Å². The molecule has 2 N–H and O–H groups in total. The highest BCUT2D eigenvalue weighted by Gasteiger charge is 2.10. The molecule has 0 unspecified atom stereocenters. The normalized spacial score (nSPS) is 9.72. The summed E-state index contributed by atoms with van der Waals surface area (Å²) >= 11 is 16.8. The van der Waals surface area contributed by atoms with Gasteiger partial charge in [0.25, 0.3) is 5.91 Å². The van der Waals surface area contributed by atoms with Gasteiger partial charge < -0.3 is 10.2 Å². The Hall–Kier alpha value is -1.17. The quantitative estimate of drug-likeness (QED) is 0.666. The van der Waals surface area contributed by atoms with Gasteiger partial charge in [-0.15, -0.1) is 11.6 Å². The van der Waals surface area contributed by atoms with Gasteiger partial charge in [0.2, 0.25) is 0 Å². The fourth-order valence-corrected chi connectivity index (χ4v) is 1.64. The monoisotopic (exact) mass is 310 g/mol. The van der Waals surface area contributed by atoms with Crippen LogP contribution in [0.15, 0.2) is 18.2 Å². The Kier molecular flexibility index (Phi) is 6.04. The molecule has 0 aliphatic heterocycles. The van der Waals surface area contributed by atoms with Crippen molar-refractivity contribution in [3.8, 4) is 0 Å². The molecule has 5 nitrogen and oxygen atoms in total. The van der Waals surface area contributed by atoms with Crippen LogP contribution in [0.2, 0.25) is 10.0 Å². The van der Waals surface area contributed by atoms with Gasteiger partial charge in [0.15, 0.2) is 0 Å². The van der Waals surface area contributed by atoms with E-state index in [1.807, 2.05) is 5.48 Å². The number of amides is 2. The van der Waals surface area contributed by atoms with Crippen molar-refractivity contribution in [3.05, 3.63) is 33.8 Å². The number of hydroxylamine groups is 1. The zero-order valence-electron chi connectivity index (χ0n) is 9.00. The van der Waals surface area contributed by atoms with Gasteiger partial charge in [-0.1, -0.05) is 23.2 Å². The van der Waals surface area contributed by atoms with Crippen LogP contribution in [-0.4, -0.2) is 24.4 Å². The molecule has 98 valence electrons. The number of rotatable bonds is 3. The van der Waals surface area contributed by atoms with Crippen LogP contribution >= 0.6 is 34.8 Å². The third-order valence-corrected chi connectivity index (χ3v) is 2.35. The van der Waals surface area contributed by atoms with E-state index in [1.54, 1.807) is 0 Å². The third-order valence-electron chi connectivity index (χ3n) is 1.72. The zero-order valence-corrected chi connectivity index (χ0v) is 11.3. The SMILES string of the molecule is O=C(NCCCl)ONC(=O)c1cc(Cl)cc(Cl)c1. The molecule has 2 amide bonds. The van der Waals surface area contributed by atoms with E-state index in [1.165, 1.54) is 18.2 Å². The lowest BCUT2D eigenvalue weighted by molar-refractivity contribution is 0.0574. The Labute approximate surface area is 118 Å². The Morgan fingerprint density at radius 3 is 2.33 bits per heavy atom. The van der Waals surface area contributed by atoms with E-state index >= 15 is 0 Å². The van der Waals surface area contributed by atoms with Gasteiger partial charge in [0, 0.05) is 28.0 Å². The molecule has 0 aliphatic carbocycles. The topological polar surface area (TPSA) is 67.4 Å². The molecular weight excluding hydrogens is 302 g/mol. The Morgan fingerprint density at radius 1 is 1.17 bits per heavy atom. The minimum absolute atomic E-state index is 0.178. The van der Waals surface area contributed by atoms with E-state index in [-0.39, 0.29) is 18.0 Å². The van der Waals surface area contributed by atoms with Crippen LogP contribution in [0.1, 0.15) is 10.4 Å². The number of hydrogen-bond donors (Lipinski definition) is 2. The van der Waals surface area contributed by atoms with Crippen molar-refractivity contribution in [1.82, 2.24) is 10.8 Å². The standard InChI is InChI=1S/C10H9Cl3N2O3/c11-1-2-14-10(17)18-15-9(16)6-3-7(12)5-8(13)4-6/h3-5H,1-2H2,(H,14,17)(H,15,16). The summed E-state index contributed by atoms with van der Waals surface area (Å²) in [6, 6.07) is 4.26. The van der Waals surface area contributed by atoms with Crippen molar-refractivity contribution in [1.29, 1.82) is 0 Å². The lowest BCUT2D eigenvalue weighted by atomic mass is 10.2. The first-order valence-corrected chi connectivity index (χ1v) is 6.09. The Bertz CT molecular complexity index is 434. The first kappa shape index (κ1) is 14.9. The highest BCUT2D eigenvalue weighted by atomic mass is 35.5. The maximum absolute atomic E-state index is 11.6. The average Bonchev–Trinajstić information content (AvgIpc) is 2.32. The van der Waals surface area contributed by atoms with Crippen molar-refractivity contribution in [2.45, 2.75) is 0 Å². The Morgan fingerprint density at radius 2 is 1.78 bits per heavy atom. The summed E-state index contributed by atoms with van der Waals surface area (Å²) in [5.74, 6) is -0.395.